The number of aromatic amines is 2. The summed E-state index contributed by atoms with van der Waals surface area (Å²) in [5, 5.41) is 5.85. The number of benzene rings is 1. The number of halogens is 1. The summed E-state index contributed by atoms with van der Waals surface area (Å²) >= 11 is 0. The molecule has 0 amide bonds. The van der Waals surface area contributed by atoms with Crippen molar-refractivity contribution in [2.75, 3.05) is 11.9 Å². The second-order valence-corrected chi connectivity index (χ2v) is 6.47. The third-order valence-corrected chi connectivity index (χ3v) is 4.37. The predicted octanol–water partition coefficient (Wildman–Crippen LogP) is 1.69. The van der Waals surface area contributed by atoms with Crippen molar-refractivity contribution in [2.24, 2.45) is 0 Å². The Kier molecular flexibility index (Phi) is 4.06. The first kappa shape index (κ1) is 17.1. The third-order valence-electron chi connectivity index (χ3n) is 4.37. The van der Waals surface area contributed by atoms with E-state index in [1.54, 1.807) is 6.92 Å². The maximum absolute atomic E-state index is 13.8. The van der Waals surface area contributed by atoms with Crippen LogP contribution in [0, 0.1) is 5.82 Å². The maximum atomic E-state index is 13.8. The average molecular weight is 373 g/mol. The number of cyclic esters (lactones) is 1. The zero-order valence-electron chi connectivity index (χ0n) is 14.7. The molecule has 1 aliphatic rings. The first-order valence-electron chi connectivity index (χ1n) is 8.48. The Morgan fingerprint density at radius 1 is 1.26 bits per heavy atom. The van der Waals surface area contributed by atoms with Gasteiger partial charge >= 0.3 is 11.5 Å². The van der Waals surface area contributed by atoms with Crippen molar-refractivity contribution < 1.29 is 23.6 Å². The highest BCUT2D eigenvalue weighted by Gasteiger charge is 2.25. The van der Waals surface area contributed by atoms with Gasteiger partial charge in [-0.1, -0.05) is 0 Å². The molecule has 0 unspecified atom stereocenters. The van der Waals surface area contributed by atoms with E-state index in [4.69, 9.17) is 9.47 Å². The molecule has 2 atom stereocenters. The summed E-state index contributed by atoms with van der Waals surface area (Å²) < 4.78 is 26.2. The fourth-order valence-corrected chi connectivity index (χ4v) is 3.06. The number of nitrogens with zero attached hydrogens (tertiary/aromatic N) is 1. The van der Waals surface area contributed by atoms with Gasteiger partial charge in [-0.25, -0.2) is 24.1 Å². The van der Waals surface area contributed by atoms with Crippen LogP contribution in [0.4, 0.5) is 10.2 Å². The molecule has 27 heavy (non-hydrogen) atoms. The molecule has 4 rings (SSSR count). The molecular formula is C18H18FN4O4+. The van der Waals surface area contributed by atoms with Gasteiger partial charge < -0.3 is 9.47 Å². The predicted molar refractivity (Wildman–Crippen MR) is 93.4 cm³/mol. The number of ether oxygens (including phenoxy) is 2. The van der Waals surface area contributed by atoms with E-state index in [0.29, 0.717) is 17.1 Å². The van der Waals surface area contributed by atoms with Crippen molar-refractivity contribution in [3.05, 3.63) is 57.8 Å². The van der Waals surface area contributed by atoms with Crippen LogP contribution in [0.1, 0.15) is 35.8 Å². The molecule has 9 heteroatoms. The fraction of sp³-hybridized carbons (Fsp3) is 0.278. The van der Waals surface area contributed by atoms with Crippen molar-refractivity contribution in [3.8, 4) is 5.75 Å². The monoisotopic (exact) mass is 373 g/mol. The first-order valence-corrected chi connectivity index (χ1v) is 8.48. The Hall–Kier alpha value is -3.36. The molecule has 0 aliphatic carbocycles. The molecule has 0 saturated heterocycles. The highest BCUT2D eigenvalue weighted by molar-refractivity contribution is 5.94. The molecule has 3 aromatic rings. The van der Waals surface area contributed by atoms with E-state index < -0.39 is 17.9 Å². The molecule has 1 aliphatic heterocycles. The quantitative estimate of drug-likeness (QED) is 0.584. The van der Waals surface area contributed by atoms with Gasteiger partial charge in [-0.3, -0.25) is 5.32 Å². The molecule has 140 valence electrons. The fourth-order valence-electron chi connectivity index (χ4n) is 3.06. The molecule has 1 aromatic carbocycles. The van der Waals surface area contributed by atoms with Crippen molar-refractivity contribution >= 4 is 17.4 Å². The molecule has 0 radical (unpaired) electrons. The molecular weight excluding hydrogens is 355 g/mol. The standard InChI is InChI=1S/C18H17FN4O4/c1-9-8-26-18(25)13-7-20-23-16(24)6-15(22-17(13)23)21-10(2)12-5-11(19)3-4-14(12)27-9/h3-7,9-10,20-21H,8H2,1-2H3/p+1/t9-,10+/m0/s1. The van der Waals surface area contributed by atoms with Crippen LogP contribution in [0.2, 0.25) is 0 Å². The SMILES string of the molecule is C[C@H]1COC(=O)c2c[nH]n3c(=O)cc([nH+]c23)N[C@H](C)c2cc(F)ccc2O1. The van der Waals surface area contributed by atoms with E-state index in [9.17, 15) is 14.0 Å². The molecule has 0 saturated carbocycles. The molecule has 0 fully saturated rings. The molecule has 8 nitrogen and oxygen atoms in total. The van der Waals surface area contributed by atoms with Crippen molar-refractivity contribution in [1.29, 1.82) is 0 Å². The molecule has 3 N–H and O–H groups in total. The Balaban J connectivity index is 1.86. The maximum Gasteiger partial charge on any atom is 0.346 e. The zero-order valence-corrected chi connectivity index (χ0v) is 14.7. The van der Waals surface area contributed by atoms with Crippen LogP contribution in [-0.2, 0) is 4.74 Å². The van der Waals surface area contributed by atoms with Gasteiger partial charge in [-0.05, 0) is 32.0 Å². The van der Waals surface area contributed by atoms with Crippen LogP contribution in [0.5, 0.6) is 5.75 Å². The van der Waals surface area contributed by atoms with Crippen molar-refractivity contribution in [2.45, 2.75) is 26.0 Å². The number of hydrogen-bond acceptors (Lipinski definition) is 5. The van der Waals surface area contributed by atoms with Crippen molar-refractivity contribution in [3.63, 3.8) is 0 Å². The normalized spacial score (nSPS) is 19.9. The van der Waals surface area contributed by atoms with E-state index >= 15 is 0 Å². The number of anilines is 1. The number of fused-ring (bicyclic) bond motifs is 2. The number of H-pyrrole nitrogens is 2. The number of rotatable bonds is 0. The van der Waals surface area contributed by atoms with Crippen LogP contribution in [0.25, 0.3) is 5.65 Å². The lowest BCUT2D eigenvalue weighted by Crippen LogP contribution is -2.27. The minimum atomic E-state index is -0.594. The zero-order chi connectivity index (χ0) is 19.1. The Morgan fingerprint density at radius 3 is 2.89 bits per heavy atom. The first-order chi connectivity index (χ1) is 12.9. The highest BCUT2D eigenvalue weighted by Crippen LogP contribution is 2.29. The summed E-state index contributed by atoms with van der Waals surface area (Å²) in [5.41, 5.74) is 0.680. The summed E-state index contributed by atoms with van der Waals surface area (Å²) in [4.78, 5) is 27.7. The van der Waals surface area contributed by atoms with Gasteiger partial charge in [0.1, 0.15) is 24.3 Å². The number of carbonyl (C=O) groups excluding carboxylic acids is 1. The van der Waals surface area contributed by atoms with E-state index in [2.05, 4.69) is 15.4 Å². The number of esters is 1. The number of nitrogens with one attached hydrogen (secondary N) is 3. The Morgan fingerprint density at radius 2 is 2.07 bits per heavy atom. The number of aromatic nitrogens is 3. The van der Waals surface area contributed by atoms with E-state index in [1.165, 1.54) is 35.0 Å². The number of hydrogen-bond donors (Lipinski definition) is 2. The Bertz CT molecular complexity index is 1090. The van der Waals surface area contributed by atoms with Crippen LogP contribution in [0.15, 0.2) is 35.3 Å². The van der Waals surface area contributed by atoms with Gasteiger partial charge in [-0.15, -0.1) is 4.52 Å². The molecule has 3 heterocycles. The lowest BCUT2D eigenvalue weighted by molar-refractivity contribution is -0.334. The summed E-state index contributed by atoms with van der Waals surface area (Å²) in [6.07, 6.45) is 0.952. The van der Waals surface area contributed by atoms with E-state index in [1.807, 2.05) is 6.92 Å². The summed E-state index contributed by atoms with van der Waals surface area (Å²) in [6, 6.07) is 5.18. The summed E-state index contributed by atoms with van der Waals surface area (Å²) in [5.74, 6) is -0.147. The van der Waals surface area contributed by atoms with E-state index in [0.717, 1.165) is 0 Å². The molecule has 0 spiro atoms. The lowest BCUT2D eigenvalue weighted by Gasteiger charge is -2.19. The molecule has 2 aromatic heterocycles. The largest absolute Gasteiger partial charge is 0.487 e. The summed E-state index contributed by atoms with van der Waals surface area (Å²) in [7, 11) is 0. The highest BCUT2D eigenvalue weighted by atomic mass is 19.1. The molecule has 2 bridgehead atoms. The average Bonchev–Trinajstić information content (AvgIpc) is 3.05. The Labute approximate surface area is 152 Å². The van der Waals surface area contributed by atoms with Crippen LogP contribution in [-0.4, -0.2) is 28.3 Å². The smallest absolute Gasteiger partial charge is 0.346 e. The van der Waals surface area contributed by atoms with Gasteiger partial charge in [-0.2, -0.15) is 0 Å². The number of carbonyl (C=O) groups is 1. The van der Waals surface area contributed by atoms with Crippen molar-refractivity contribution in [1.82, 2.24) is 9.61 Å². The van der Waals surface area contributed by atoms with Crippen LogP contribution >= 0.6 is 0 Å². The second kappa shape index (κ2) is 6.42. The van der Waals surface area contributed by atoms with Gasteiger partial charge in [0.15, 0.2) is 5.56 Å². The topological polar surface area (TPSA) is 99.0 Å². The van der Waals surface area contributed by atoms with Crippen LogP contribution < -0.4 is 20.6 Å². The van der Waals surface area contributed by atoms with Gasteiger partial charge in [0.05, 0.1) is 18.3 Å². The summed E-state index contributed by atoms with van der Waals surface area (Å²) in [6.45, 7) is 3.57. The van der Waals surface area contributed by atoms with Gasteiger partial charge in [0, 0.05) is 5.56 Å². The van der Waals surface area contributed by atoms with Crippen LogP contribution in [0.3, 0.4) is 0 Å². The minimum Gasteiger partial charge on any atom is -0.487 e. The minimum absolute atomic E-state index is 0.00127. The van der Waals surface area contributed by atoms with E-state index in [-0.39, 0.29) is 29.4 Å². The van der Waals surface area contributed by atoms with Gasteiger partial charge in [0.25, 0.3) is 5.65 Å². The third kappa shape index (κ3) is 3.12. The second-order valence-electron chi connectivity index (χ2n) is 6.47. The lowest BCUT2D eigenvalue weighted by atomic mass is 10.1. The van der Waals surface area contributed by atoms with Gasteiger partial charge in [0.2, 0.25) is 5.82 Å².